The van der Waals surface area contributed by atoms with Gasteiger partial charge in [-0.15, -0.1) is 5.10 Å². The lowest BCUT2D eigenvalue weighted by Crippen LogP contribution is -2.49. The van der Waals surface area contributed by atoms with Gasteiger partial charge in [0.15, 0.2) is 5.82 Å². The van der Waals surface area contributed by atoms with Gasteiger partial charge in [0.2, 0.25) is 0 Å². The van der Waals surface area contributed by atoms with E-state index < -0.39 is 0 Å². The van der Waals surface area contributed by atoms with E-state index in [-0.39, 0.29) is 17.6 Å². The van der Waals surface area contributed by atoms with Crippen molar-refractivity contribution in [2.75, 3.05) is 31.1 Å². The van der Waals surface area contributed by atoms with Gasteiger partial charge >= 0.3 is 0 Å². The molecule has 0 unspecified atom stereocenters. The first-order chi connectivity index (χ1) is 14.5. The number of nitrogens with zero attached hydrogens (tertiary/aromatic N) is 6. The molecular weight excluding hydrogens is 383 g/mol. The lowest BCUT2D eigenvalue weighted by molar-refractivity contribution is 0.135. The molecule has 0 saturated carbocycles. The number of anilines is 1. The van der Waals surface area contributed by atoms with Crippen LogP contribution in [0.4, 0.5) is 10.1 Å². The Morgan fingerprint density at radius 3 is 2.27 bits per heavy atom. The number of rotatable bonds is 6. The summed E-state index contributed by atoms with van der Waals surface area (Å²) in [6.45, 7) is 8.47. The number of hydrogen-bond acceptors (Lipinski definition) is 6. The maximum atomic E-state index is 13.2. The molecule has 2 aromatic carbocycles. The quantitative estimate of drug-likeness (QED) is 0.674. The Morgan fingerprint density at radius 1 is 0.967 bits per heavy atom. The van der Waals surface area contributed by atoms with E-state index in [0.29, 0.717) is 12.5 Å². The Balaban J connectivity index is 1.48. The second-order valence-electron chi connectivity index (χ2n) is 8.05. The predicted molar refractivity (Wildman–Crippen MR) is 113 cm³/mol. The van der Waals surface area contributed by atoms with Crippen molar-refractivity contribution in [1.82, 2.24) is 25.1 Å². The van der Waals surface area contributed by atoms with E-state index in [1.165, 1.54) is 12.1 Å². The van der Waals surface area contributed by atoms with E-state index in [9.17, 15) is 9.50 Å². The molecule has 0 bridgehead atoms. The molecule has 8 heteroatoms. The smallest absolute Gasteiger partial charge is 0.169 e. The first kappa shape index (κ1) is 20.3. The van der Waals surface area contributed by atoms with Gasteiger partial charge < -0.3 is 10.0 Å². The maximum absolute atomic E-state index is 13.2. The predicted octanol–water partition coefficient (Wildman–Crippen LogP) is 3.09. The number of phenols is 1. The van der Waals surface area contributed by atoms with E-state index in [2.05, 4.69) is 39.2 Å². The Hall–Kier alpha value is -3.00. The molecule has 7 nitrogen and oxygen atoms in total. The van der Waals surface area contributed by atoms with Crippen molar-refractivity contribution in [1.29, 1.82) is 0 Å². The number of aromatic nitrogens is 4. The largest absolute Gasteiger partial charge is 0.508 e. The fourth-order valence-electron chi connectivity index (χ4n) is 4.10. The fraction of sp³-hybridized carbons (Fsp3) is 0.409. The zero-order chi connectivity index (χ0) is 21.1. The van der Waals surface area contributed by atoms with Gasteiger partial charge in [0.05, 0.1) is 12.6 Å². The standard InChI is InChI=1S/C22H27FN6O/c1-16(2)21(22-24-25-26-29(22)15-17-3-5-18(23)6-4-17)28-13-11-27(12-14-28)19-7-9-20(30)10-8-19/h3-10,16,21,30H,11-15H2,1-2H3/t21-/m1/s1. The molecule has 1 aliphatic heterocycles. The minimum atomic E-state index is -0.248. The maximum Gasteiger partial charge on any atom is 0.169 e. The molecule has 2 heterocycles. The summed E-state index contributed by atoms with van der Waals surface area (Å²) in [5.74, 6) is 1.21. The van der Waals surface area contributed by atoms with Crippen LogP contribution in [0.2, 0.25) is 0 Å². The Kier molecular flexibility index (Phi) is 5.94. The van der Waals surface area contributed by atoms with Gasteiger partial charge in [-0.2, -0.15) is 0 Å². The zero-order valence-corrected chi connectivity index (χ0v) is 17.3. The van der Waals surface area contributed by atoms with Crippen LogP contribution in [0.25, 0.3) is 0 Å². The molecule has 0 spiro atoms. The first-order valence-corrected chi connectivity index (χ1v) is 10.3. The molecule has 1 saturated heterocycles. The van der Waals surface area contributed by atoms with Gasteiger partial charge in [0, 0.05) is 31.9 Å². The molecule has 0 amide bonds. The minimum Gasteiger partial charge on any atom is -0.508 e. The molecule has 4 rings (SSSR count). The van der Waals surface area contributed by atoms with Gasteiger partial charge in [-0.05, 0) is 58.3 Å². The van der Waals surface area contributed by atoms with Crippen LogP contribution in [-0.4, -0.2) is 56.4 Å². The van der Waals surface area contributed by atoms with Gasteiger partial charge in [-0.3, -0.25) is 4.90 Å². The second-order valence-corrected chi connectivity index (χ2v) is 8.05. The molecule has 1 aliphatic rings. The summed E-state index contributed by atoms with van der Waals surface area (Å²) in [4.78, 5) is 4.77. The molecule has 158 valence electrons. The molecule has 1 fully saturated rings. The normalized spacial score (nSPS) is 16.2. The van der Waals surface area contributed by atoms with Crippen LogP contribution < -0.4 is 4.90 Å². The van der Waals surface area contributed by atoms with Gasteiger partial charge in [-0.25, -0.2) is 9.07 Å². The lowest BCUT2D eigenvalue weighted by atomic mass is 10.0. The average Bonchev–Trinajstić information content (AvgIpc) is 3.18. The van der Waals surface area contributed by atoms with Crippen LogP contribution in [-0.2, 0) is 6.54 Å². The number of benzene rings is 2. The van der Waals surface area contributed by atoms with Crippen LogP contribution in [0.1, 0.15) is 31.3 Å². The summed E-state index contributed by atoms with van der Waals surface area (Å²) in [6.07, 6.45) is 0. The monoisotopic (exact) mass is 410 g/mol. The molecule has 1 atom stereocenters. The van der Waals surface area contributed by atoms with Gasteiger partial charge in [0.1, 0.15) is 11.6 Å². The van der Waals surface area contributed by atoms with Gasteiger partial charge in [-0.1, -0.05) is 26.0 Å². The highest BCUT2D eigenvalue weighted by Crippen LogP contribution is 2.29. The summed E-state index contributed by atoms with van der Waals surface area (Å²) in [5, 5.41) is 22.0. The van der Waals surface area contributed by atoms with Gasteiger partial charge in [0.25, 0.3) is 0 Å². The van der Waals surface area contributed by atoms with Crippen molar-refractivity contribution in [3.8, 4) is 5.75 Å². The van der Waals surface area contributed by atoms with E-state index in [1.807, 2.05) is 16.8 Å². The Labute approximate surface area is 175 Å². The number of hydrogen-bond donors (Lipinski definition) is 1. The number of halogens is 1. The summed E-state index contributed by atoms with van der Waals surface area (Å²) in [6, 6.07) is 13.9. The van der Waals surface area contributed by atoms with Crippen molar-refractivity contribution in [2.45, 2.75) is 26.4 Å². The van der Waals surface area contributed by atoms with E-state index in [1.54, 1.807) is 24.3 Å². The second kappa shape index (κ2) is 8.79. The molecule has 30 heavy (non-hydrogen) atoms. The first-order valence-electron chi connectivity index (χ1n) is 10.3. The summed E-state index contributed by atoms with van der Waals surface area (Å²) >= 11 is 0. The van der Waals surface area contributed by atoms with E-state index in [4.69, 9.17) is 0 Å². The fourth-order valence-corrected chi connectivity index (χ4v) is 4.10. The van der Waals surface area contributed by atoms with Crippen molar-refractivity contribution in [3.63, 3.8) is 0 Å². The van der Waals surface area contributed by atoms with E-state index in [0.717, 1.165) is 43.3 Å². The van der Waals surface area contributed by atoms with Crippen LogP contribution in [0.5, 0.6) is 5.75 Å². The zero-order valence-electron chi connectivity index (χ0n) is 17.3. The number of tetrazole rings is 1. The number of phenolic OH excluding ortho intramolecular Hbond substituents is 1. The lowest BCUT2D eigenvalue weighted by Gasteiger charge is -2.41. The Bertz CT molecular complexity index is 949. The molecule has 0 radical (unpaired) electrons. The molecule has 0 aliphatic carbocycles. The molecule has 1 aromatic heterocycles. The number of piperazine rings is 1. The topological polar surface area (TPSA) is 70.3 Å². The van der Waals surface area contributed by atoms with Crippen molar-refractivity contribution in [2.24, 2.45) is 5.92 Å². The highest BCUT2D eigenvalue weighted by Gasteiger charge is 2.31. The molecule has 3 aromatic rings. The Morgan fingerprint density at radius 2 is 1.63 bits per heavy atom. The summed E-state index contributed by atoms with van der Waals surface area (Å²) in [7, 11) is 0. The van der Waals surface area contributed by atoms with Crippen LogP contribution in [0.3, 0.4) is 0 Å². The SMILES string of the molecule is CC(C)[C@H](c1nnnn1Cc1ccc(F)cc1)N1CCN(c2ccc(O)cc2)CC1. The third kappa shape index (κ3) is 4.43. The average molecular weight is 410 g/mol. The van der Waals surface area contributed by atoms with Crippen molar-refractivity contribution >= 4 is 5.69 Å². The van der Waals surface area contributed by atoms with Crippen molar-refractivity contribution in [3.05, 3.63) is 65.7 Å². The summed E-state index contributed by atoms with van der Waals surface area (Å²) in [5.41, 5.74) is 2.08. The highest BCUT2D eigenvalue weighted by molar-refractivity contribution is 5.49. The van der Waals surface area contributed by atoms with Crippen LogP contribution in [0.15, 0.2) is 48.5 Å². The molecule has 1 N–H and O–H groups in total. The third-order valence-electron chi connectivity index (χ3n) is 5.62. The van der Waals surface area contributed by atoms with Crippen LogP contribution in [0, 0.1) is 11.7 Å². The van der Waals surface area contributed by atoms with Crippen molar-refractivity contribution < 1.29 is 9.50 Å². The van der Waals surface area contributed by atoms with E-state index >= 15 is 0 Å². The highest BCUT2D eigenvalue weighted by atomic mass is 19.1. The number of aromatic hydroxyl groups is 1. The third-order valence-corrected chi connectivity index (χ3v) is 5.62. The summed E-state index contributed by atoms with van der Waals surface area (Å²) < 4.78 is 15.0. The van der Waals surface area contributed by atoms with Crippen LogP contribution >= 0.6 is 0 Å². The molecular formula is C22H27FN6O. The minimum absolute atomic E-state index is 0.0995.